The van der Waals surface area contributed by atoms with Crippen LogP contribution in [0, 0.1) is 5.41 Å². The van der Waals surface area contributed by atoms with Crippen molar-refractivity contribution in [3.8, 4) is 5.75 Å². The van der Waals surface area contributed by atoms with Crippen LogP contribution in [0.3, 0.4) is 0 Å². The zero-order chi connectivity index (χ0) is 19.9. The molecule has 0 aliphatic carbocycles. The number of aliphatic hydroxyl groups is 1. The largest absolute Gasteiger partial charge is 0.494 e. The van der Waals surface area contributed by atoms with Crippen LogP contribution in [0.2, 0.25) is 0 Å². The molecule has 0 spiro atoms. The van der Waals surface area contributed by atoms with Crippen LogP contribution in [0.5, 0.6) is 5.75 Å². The minimum Gasteiger partial charge on any atom is -0.494 e. The Labute approximate surface area is 175 Å². The van der Waals surface area contributed by atoms with Gasteiger partial charge >= 0.3 is 0 Å². The van der Waals surface area contributed by atoms with E-state index in [1.54, 1.807) is 0 Å². The summed E-state index contributed by atoms with van der Waals surface area (Å²) in [5.41, 5.74) is 1.43. The van der Waals surface area contributed by atoms with Gasteiger partial charge in [0, 0.05) is 32.3 Å². The molecule has 1 unspecified atom stereocenters. The first-order chi connectivity index (χ1) is 14.3. The smallest absolute Gasteiger partial charge is 0.119 e. The van der Waals surface area contributed by atoms with Gasteiger partial charge in [-0.1, -0.05) is 48.5 Å². The molecule has 4 nitrogen and oxygen atoms in total. The van der Waals surface area contributed by atoms with Crippen LogP contribution in [-0.2, 0) is 6.54 Å². The number of hydrogen-bond acceptors (Lipinski definition) is 4. The van der Waals surface area contributed by atoms with E-state index in [1.807, 2.05) is 30.3 Å². The van der Waals surface area contributed by atoms with E-state index in [9.17, 15) is 5.11 Å². The van der Waals surface area contributed by atoms with Gasteiger partial charge in [0.2, 0.25) is 0 Å². The lowest BCUT2D eigenvalue weighted by atomic mass is 9.76. The Balaban J connectivity index is 1.22. The molecule has 0 radical (unpaired) electrons. The van der Waals surface area contributed by atoms with E-state index in [0.717, 1.165) is 51.2 Å². The third-order valence-electron chi connectivity index (χ3n) is 6.85. The maximum absolute atomic E-state index is 10.1. The summed E-state index contributed by atoms with van der Waals surface area (Å²) in [6, 6.07) is 21.4. The lowest BCUT2D eigenvalue weighted by molar-refractivity contribution is 0.0138. The second-order valence-electron chi connectivity index (χ2n) is 8.77. The summed E-state index contributed by atoms with van der Waals surface area (Å²) in [7, 11) is 0. The molecule has 0 saturated carbocycles. The van der Waals surface area contributed by atoms with Crippen LogP contribution >= 0.6 is 0 Å². The fraction of sp³-hybridized carbons (Fsp3) is 0.520. The normalized spacial score (nSPS) is 22.6. The maximum atomic E-state index is 10.1. The Morgan fingerprint density at radius 1 is 0.931 bits per heavy atom. The van der Waals surface area contributed by atoms with Crippen LogP contribution in [0.15, 0.2) is 60.7 Å². The second-order valence-corrected chi connectivity index (χ2v) is 8.77. The van der Waals surface area contributed by atoms with Crippen molar-refractivity contribution in [1.82, 2.24) is 9.80 Å². The monoisotopic (exact) mass is 394 g/mol. The van der Waals surface area contributed by atoms with Gasteiger partial charge in [0.25, 0.3) is 0 Å². The van der Waals surface area contributed by atoms with Gasteiger partial charge in [-0.3, -0.25) is 9.80 Å². The highest BCUT2D eigenvalue weighted by molar-refractivity contribution is 5.20. The molecule has 1 atom stereocenters. The highest BCUT2D eigenvalue weighted by Crippen LogP contribution is 2.36. The van der Waals surface area contributed by atoms with Crippen molar-refractivity contribution in [2.45, 2.75) is 38.3 Å². The average molecular weight is 395 g/mol. The number of aliphatic hydroxyl groups excluding tert-OH is 1. The number of hydrogen-bond donors (Lipinski definition) is 1. The van der Waals surface area contributed by atoms with Crippen LogP contribution in [0.25, 0.3) is 0 Å². The third kappa shape index (κ3) is 5.39. The Hall–Kier alpha value is -1.88. The molecule has 0 amide bonds. The number of ether oxygens (including phenoxy) is 1. The van der Waals surface area contributed by atoms with E-state index >= 15 is 0 Å². The zero-order valence-corrected chi connectivity index (χ0v) is 17.4. The molecule has 1 N–H and O–H groups in total. The van der Waals surface area contributed by atoms with Crippen LogP contribution in [-0.4, -0.2) is 60.3 Å². The second kappa shape index (κ2) is 9.75. The molecular weight excluding hydrogens is 360 g/mol. The molecule has 2 aliphatic rings. The van der Waals surface area contributed by atoms with Crippen molar-refractivity contribution in [3.63, 3.8) is 0 Å². The summed E-state index contributed by atoms with van der Waals surface area (Å²) >= 11 is 0. The molecule has 4 rings (SSSR count). The molecule has 2 heterocycles. The quantitative estimate of drug-likeness (QED) is 0.739. The Morgan fingerprint density at radius 3 is 2.31 bits per heavy atom. The number of piperidine rings is 1. The van der Waals surface area contributed by atoms with Crippen LogP contribution in [0.1, 0.15) is 31.2 Å². The Morgan fingerprint density at radius 2 is 1.62 bits per heavy atom. The fourth-order valence-corrected chi connectivity index (χ4v) is 4.85. The van der Waals surface area contributed by atoms with E-state index in [0.29, 0.717) is 12.6 Å². The van der Waals surface area contributed by atoms with Gasteiger partial charge in [-0.15, -0.1) is 0 Å². The van der Waals surface area contributed by atoms with Gasteiger partial charge in [0.1, 0.15) is 5.75 Å². The lowest BCUT2D eigenvalue weighted by Crippen LogP contribution is -2.47. The lowest BCUT2D eigenvalue weighted by Gasteiger charge is -2.43. The molecule has 156 valence electrons. The topological polar surface area (TPSA) is 35.9 Å². The van der Waals surface area contributed by atoms with Gasteiger partial charge < -0.3 is 9.84 Å². The van der Waals surface area contributed by atoms with E-state index in [1.165, 1.54) is 18.5 Å². The van der Waals surface area contributed by atoms with E-state index < -0.39 is 0 Å². The molecule has 2 aromatic rings. The summed E-state index contributed by atoms with van der Waals surface area (Å²) in [4.78, 5) is 5.25. The molecule has 2 saturated heterocycles. The highest BCUT2D eigenvalue weighted by Gasteiger charge is 2.37. The average Bonchev–Trinajstić information content (AvgIpc) is 3.24. The first-order valence-corrected chi connectivity index (χ1v) is 11.1. The SMILES string of the molecule is OCC1(CCOc2ccccc2)CCN(C2CCN(Cc3ccccc3)C2)CC1. The van der Waals surface area contributed by atoms with Gasteiger partial charge in [-0.25, -0.2) is 0 Å². The van der Waals surface area contributed by atoms with E-state index in [-0.39, 0.29) is 12.0 Å². The summed E-state index contributed by atoms with van der Waals surface area (Å²) in [6.45, 7) is 6.54. The van der Waals surface area contributed by atoms with Gasteiger partial charge in [0.15, 0.2) is 0 Å². The minimum atomic E-state index is 0.0214. The molecule has 29 heavy (non-hydrogen) atoms. The fourth-order valence-electron chi connectivity index (χ4n) is 4.85. The van der Waals surface area contributed by atoms with E-state index in [4.69, 9.17) is 4.74 Å². The van der Waals surface area contributed by atoms with Gasteiger partial charge in [-0.2, -0.15) is 0 Å². The van der Waals surface area contributed by atoms with Crippen molar-refractivity contribution < 1.29 is 9.84 Å². The first-order valence-electron chi connectivity index (χ1n) is 11.1. The van der Waals surface area contributed by atoms with Crippen LogP contribution in [0.4, 0.5) is 0 Å². The molecule has 2 aromatic carbocycles. The molecule has 2 aliphatic heterocycles. The van der Waals surface area contributed by atoms with Crippen molar-refractivity contribution >= 4 is 0 Å². The zero-order valence-electron chi connectivity index (χ0n) is 17.4. The summed E-state index contributed by atoms with van der Waals surface area (Å²) in [6.07, 6.45) is 4.32. The summed E-state index contributed by atoms with van der Waals surface area (Å²) in [5.74, 6) is 0.919. The minimum absolute atomic E-state index is 0.0214. The molecule has 0 bridgehead atoms. The third-order valence-corrected chi connectivity index (χ3v) is 6.85. The predicted molar refractivity (Wildman–Crippen MR) is 117 cm³/mol. The van der Waals surface area contributed by atoms with Crippen molar-refractivity contribution in [2.75, 3.05) is 39.4 Å². The molecular formula is C25H34N2O2. The predicted octanol–water partition coefficient (Wildman–Crippen LogP) is 3.80. The molecule has 0 aromatic heterocycles. The molecule has 4 heteroatoms. The van der Waals surface area contributed by atoms with Gasteiger partial charge in [-0.05, 0) is 61.9 Å². The standard InChI is InChI=1S/C25H34N2O2/c28-21-25(14-18-29-24-9-5-2-6-10-24)12-16-27(17-13-25)23-11-15-26(20-23)19-22-7-3-1-4-8-22/h1-10,23,28H,11-21H2. The highest BCUT2D eigenvalue weighted by atomic mass is 16.5. The number of nitrogens with zero attached hydrogens (tertiary/aromatic N) is 2. The van der Waals surface area contributed by atoms with E-state index in [2.05, 4.69) is 40.1 Å². The van der Waals surface area contributed by atoms with Crippen LogP contribution < -0.4 is 4.74 Å². The number of benzene rings is 2. The van der Waals surface area contributed by atoms with Crippen molar-refractivity contribution in [2.24, 2.45) is 5.41 Å². The van der Waals surface area contributed by atoms with Gasteiger partial charge in [0.05, 0.1) is 6.61 Å². The summed E-state index contributed by atoms with van der Waals surface area (Å²) < 4.78 is 5.90. The maximum Gasteiger partial charge on any atom is 0.119 e. The van der Waals surface area contributed by atoms with Crippen molar-refractivity contribution in [3.05, 3.63) is 66.2 Å². The Kier molecular flexibility index (Phi) is 6.86. The molecule has 2 fully saturated rings. The number of para-hydroxylation sites is 1. The Bertz CT molecular complexity index is 729. The van der Waals surface area contributed by atoms with Crippen molar-refractivity contribution in [1.29, 1.82) is 0 Å². The first kappa shape index (κ1) is 20.4. The number of likely N-dealkylation sites (tertiary alicyclic amines) is 2. The number of rotatable bonds is 8. The summed E-state index contributed by atoms with van der Waals surface area (Å²) in [5, 5.41) is 10.1.